The first-order chi connectivity index (χ1) is 12.7. The van der Waals surface area contributed by atoms with Gasteiger partial charge in [0.25, 0.3) is 0 Å². The van der Waals surface area contributed by atoms with Gasteiger partial charge in [-0.1, -0.05) is 0 Å². The predicted molar refractivity (Wildman–Crippen MR) is 101 cm³/mol. The minimum absolute atomic E-state index is 0.391. The van der Waals surface area contributed by atoms with Crippen LogP contribution in [0.5, 0.6) is 11.5 Å². The number of aromatic nitrogens is 1. The van der Waals surface area contributed by atoms with Crippen molar-refractivity contribution in [3.8, 4) is 11.5 Å². The van der Waals surface area contributed by atoms with Crippen LogP contribution >= 0.6 is 0 Å². The number of rotatable bonds is 6. The lowest BCUT2D eigenvalue weighted by molar-refractivity contribution is 0.185. The van der Waals surface area contributed by atoms with Crippen molar-refractivity contribution >= 4 is 16.6 Å². The maximum atomic E-state index is 12.7. The number of halogens is 1. The van der Waals surface area contributed by atoms with E-state index in [0.29, 0.717) is 17.0 Å². The second kappa shape index (κ2) is 6.91. The molecule has 0 amide bonds. The molecule has 2 aliphatic rings. The Labute approximate surface area is 153 Å². The summed E-state index contributed by atoms with van der Waals surface area (Å²) in [7, 11) is 3.64. The van der Waals surface area contributed by atoms with E-state index in [1.54, 1.807) is 7.11 Å². The molecular formula is C20H26FN3O2. The molecule has 1 N–H and O–H groups in total. The Kier molecular flexibility index (Phi) is 4.61. The highest BCUT2D eigenvalue weighted by Gasteiger charge is 2.48. The maximum Gasteiger partial charge on any atom is 0.228 e. The molecule has 0 atom stereocenters. The lowest BCUT2D eigenvalue weighted by atomic mass is 9.87. The van der Waals surface area contributed by atoms with Gasteiger partial charge in [-0.15, -0.1) is 0 Å². The van der Waals surface area contributed by atoms with Crippen LogP contribution in [0.4, 0.5) is 10.1 Å². The van der Waals surface area contributed by atoms with Gasteiger partial charge in [-0.2, -0.15) is 0 Å². The molecule has 1 saturated heterocycles. The fourth-order valence-corrected chi connectivity index (χ4v) is 4.42. The Bertz CT molecular complexity index is 786. The number of anilines is 1. The van der Waals surface area contributed by atoms with Crippen molar-refractivity contribution in [1.29, 1.82) is 0 Å². The molecule has 2 aromatic rings. The first-order valence-electron chi connectivity index (χ1n) is 9.30. The lowest BCUT2D eigenvalue weighted by Crippen LogP contribution is -2.44. The zero-order valence-corrected chi connectivity index (χ0v) is 15.4. The summed E-state index contributed by atoms with van der Waals surface area (Å²) in [6.07, 6.45) is 6.81. The van der Waals surface area contributed by atoms with Crippen molar-refractivity contribution in [3.05, 3.63) is 24.4 Å². The van der Waals surface area contributed by atoms with Crippen LogP contribution in [0, 0.1) is 5.92 Å². The molecule has 26 heavy (non-hydrogen) atoms. The average Bonchev–Trinajstić information content (AvgIpc) is 3.49. The number of hydrogen-bond donors (Lipinski definition) is 1. The predicted octanol–water partition coefficient (Wildman–Crippen LogP) is 3.52. The van der Waals surface area contributed by atoms with Gasteiger partial charge in [-0.25, -0.2) is 4.39 Å². The summed E-state index contributed by atoms with van der Waals surface area (Å²) in [5.74, 6) is 1.67. The highest BCUT2D eigenvalue weighted by Crippen LogP contribution is 2.47. The van der Waals surface area contributed by atoms with Crippen molar-refractivity contribution in [2.24, 2.45) is 5.92 Å². The summed E-state index contributed by atoms with van der Waals surface area (Å²) >= 11 is 0. The number of nitrogens with zero attached hydrogens (tertiary/aromatic N) is 2. The number of alkyl halides is 1. The van der Waals surface area contributed by atoms with E-state index in [-0.39, 0.29) is 0 Å². The molecule has 0 unspecified atom stereocenters. The highest BCUT2D eigenvalue weighted by molar-refractivity contribution is 5.94. The molecule has 2 fully saturated rings. The normalized spacial score (nSPS) is 19.6. The summed E-state index contributed by atoms with van der Waals surface area (Å²) in [4.78, 5) is 6.87. The Morgan fingerprint density at radius 2 is 2.04 bits per heavy atom. The monoisotopic (exact) mass is 359 g/mol. The molecule has 0 bridgehead atoms. The number of hydrogen-bond acceptors (Lipinski definition) is 5. The minimum Gasteiger partial charge on any atom is -0.493 e. The van der Waals surface area contributed by atoms with Gasteiger partial charge in [-0.3, -0.25) is 4.98 Å². The molecule has 5 nitrogen and oxygen atoms in total. The van der Waals surface area contributed by atoms with Gasteiger partial charge in [0.1, 0.15) is 0 Å². The third-order valence-corrected chi connectivity index (χ3v) is 6.12. The molecule has 0 radical (unpaired) electrons. The van der Waals surface area contributed by atoms with E-state index in [4.69, 9.17) is 9.47 Å². The molecule has 2 heterocycles. The van der Waals surface area contributed by atoms with Crippen LogP contribution in [0.15, 0.2) is 24.4 Å². The van der Waals surface area contributed by atoms with Crippen LogP contribution in [-0.2, 0) is 0 Å². The largest absolute Gasteiger partial charge is 0.493 e. The van der Waals surface area contributed by atoms with Crippen molar-refractivity contribution in [1.82, 2.24) is 10.3 Å². The number of nitrogens with one attached hydrogen (secondary N) is 1. The zero-order chi connectivity index (χ0) is 18.1. The molecule has 0 spiro atoms. The third kappa shape index (κ3) is 2.96. The molecule has 1 aromatic carbocycles. The van der Waals surface area contributed by atoms with Gasteiger partial charge >= 0.3 is 0 Å². The van der Waals surface area contributed by atoms with Crippen molar-refractivity contribution in [2.75, 3.05) is 39.0 Å². The highest BCUT2D eigenvalue weighted by atomic mass is 19.1. The molecule has 4 rings (SSSR count). The van der Waals surface area contributed by atoms with Crippen LogP contribution in [0.2, 0.25) is 0 Å². The molecule has 140 valence electrons. The van der Waals surface area contributed by atoms with Gasteiger partial charge in [0.05, 0.1) is 12.6 Å². The van der Waals surface area contributed by atoms with Crippen LogP contribution in [-0.4, -0.2) is 44.6 Å². The molecular weight excluding hydrogens is 333 g/mol. The van der Waals surface area contributed by atoms with E-state index in [2.05, 4.69) is 22.2 Å². The summed E-state index contributed by atoms with van der Waals surface area (Å²) in [5, 5.41) is 4.52. The second-order valence-electron chi connectivity index (χ2n) is 7.27. The maximum absolute atomic E-state index is 12.7. The Hall–Kier alpha value is -2.08. The first kappa shape index (κ1) is 17.3. The van der Waals surface area contributed by atoms with Crippen molar-refractivity contribution < 1.29 is 13.9 Å². The first-order valence-corrected chi connectivity index (χ1v) is 9.30. The van der Waals surface area contributed by atoms with Crippen LogP contribution in [0.1, 0.15) is 25.7 Å². The topological polar surface area (TPSA) is 46.6 Å². The molecule has 6 heteroatoms. The fourth-order valence-electron chi connectivity index (χ4n) is 4.42. The molecule has 1 aromatic heterocycles. The Morgan fingerprint density at radius 3 is 2.65 bits per heavy atom. The minimum atomic E-state index is -0.880. The Morgan fingerprint density at radius 1 is 1.27 bits per heavy atom. The lowest BCUT2D eigenvalue weighted by Gasteiger charge is -2.38. The van der Waals surface area contributed by atoms with Crippen LogP contribution in [0.25, 0.3) is 10.9 Å². The SMILES string of the molecule is CNC1(C2CCN(c3ccnc4cc(OC)c(OCF)cc34)CC2)CC1. The van der Waals surface area contributed by atoms with Gasteiger partial charge < -0.3 is 19.7 Å². The number of pyridine rings is 1. The van der Waals surface area contributed by atoms with Gasteiger partial charge in [0.2, 0.25) is 6.86 Å². The standard InChI is InChI=1S/C20H26FN3O2/c1-22-20(6-7-20)14-4-9-24(10-5-14)17-3-8-23-16-12-18(25-2)19(26-13-21)11-15(16)17/h3,8,11-12,14,22H,4-7,9-10,13H2,1-2H3. The number of ether oxygens (including phenoxy) is 2. The summed E-state index contributed by atoms with van der Waals surface area (Å²) in [6, 6.07) is 5.70. The fraction of sp³-hybridized carbons (Fsp3) is 0.550. The van der Waals surface area contributed by atoms with Crippen LogP contribution < -0.4 is 19.7 Å². The number of benzene rings is 1. The quantitative estimate of drug-likeness (QED) is 0.855. The van der Waals surface area contributed by atoms with Gasteiger partial charge in [0.15, 0.2) is 11.5 Å². The van der Waals surface area contributed by atoms with E-state index in [0.717, 1.165) is 35.6 Å². The van der Waals surface area contributed by atoms with E-state index in [1.807, 2.05) is 24.4 Å². The smallest absolute Gasteiger partial charge is 0.228 e. The average molecular weight is 359 g/mol. The molecule has 1 saturated carbocycles. The third-order valence-electron chi connectivity index (χ3n) is 6.12. The Balaban J connectivity index is 1.61. The molecule has 1 aliphatic heterocycles. The number of fused-ring (bicyclic) bond motifs is 1. The van der Waals surface area contributed by atoms with E-state index in [9.17, 15) is 4.39 Å². The van der Waals surface area contributed by atoms with Crippen molar-refractivity contribution in [3.63, 3.8) is 0 Å². The number of methoxy groups -OCH3 is 1. The summed E-state index contributed by atoms with van der Waals surface area (Å²) in [6.45, 7) is 1.17. The second-order valence-corrected chi connectivity index (χ2v) is 7.27. The van der Waals surface area contributed by atoms with Gasteiger partial charge in [-0.05, 0) is 50.8 Å². The zero-order valence-electron chi connectivity index (χ0n) is 15.4. The van der Waals surface area contributed by atoms with Crippen molar-refractivity contribution in [2.45, 2.75) is 31.2 Å². The van der Waals surface area contributed by atoms with Gasteiger partial charge in [0, 0.05) is 42.0 Å². The van der Waals surface area contributed by atoms with E-state index >= 15 is 0 Å². The number of piperidine rings is 1. The van der Waals surface area contributed by atoms with Crippen LogP contribution in [0.3, 0.4) is 0 Å². The summed E-state index contributed by atoms with van der Waals surface area (Å²) in [5.41, 5.74) is 2.36. The van der Waals surface area contributed by atoms with E-state index < -0.39 is 6.86 Å². The summed E-state index contributed by atoms with van der Waals surface area (Å²) < 4.78 is 23.2. The van der Waals surface area contributed by atoms with E-state index in [1.165, 1.54) is 25.7 Å². The molecule has 1 aliphatic carbocycles.